The van der Waals surface area contributed by atoms with Crippen molar-refractivity contribution in [2.75, 3.05) is 5.75 Å². The highest BCUT2D eigenvalue weighted by Gasteiger charge is 2.06. The maximum absolute atomic E-state index is 11.3. The average molecular weight is 301 g/mol. The Morgan fingerprint density at radius 1 is 1.37 bits per heavy atom. The minimum Gasteiger partial charge on any atom is -0.463 e. The van der Waals surface area contributed by atoms with E-state index in [-0.39, 0.29) is 12.1 Å². The molecule has 0 spiro atoms. The fourth-order valence-corrected chi connectivity index (χ4v) is 2.44. The molecule has 0 aliphatic heterocycles. The standard InChI is InChI=1S/C14H17ClO3S/c1-10(2)18-13(16)6-7-19-9-11-4-3-5-12(8-11)14(15)17/h3-5,8,10H,6-7,9H2,1-2H3. The van der Waals surface area contributed by atoms with Gasteiger partial charge in [0.2, 0.25) is 0 Å². The third-order valence-electron chi connectivity index (χ3n) is 2.24. The Hall–Kier alpha value is -1.00. The third-order valence-corrected chi connectivity index (χ3v) is 3.49. The monoisotopic (exact) mass is 300 g/mol. The van der Waals surface area contributed by atoms with Crippen LogP contribution in [0.3, 0.4) is 0 Å². The SMILES string of the molecule is CC(C)OC(=O)CCSCc1cccc(C(=O)Cl)c1. The maximum atomic E-state index is 11.3. The van der Waals surface area contributed by atoms with E-state index in [0.29, 0.717) is 17.7 Å². The summed E-state index contributed by atoms with van der Waals surface area (Å²) in [5.41, 5.74) is 1.52. The highest BCUT2D eigenvalue weighted by molar-refractivity contribution is 7.98. The molecule has 0 heterocycles. The highest BCUT2D eigenvalue weighted by Crippen LogP contribution is 2.16. The summed E-state index contributed by atoms with van der Waals surface area (Å²) in [5.74, 6) is 1.27. The zero-order chi connectivity index (χ0) is 14.3. The van der Waals surface area contributed by atoms with E-state index in [0.717, 1.165) is 11.3 Å². The van der Waals surface area contributed by atoms with Gasteiger partial charge in [-0.05, 0) is 37.1 Å². The van der Waals surface area contributed by atoms with Gasteiger partial charge in [0.25, 0.3) is 5.24 Å². The molecule has 0 fully saturated rings. The van der Waals surface area contributed by atoms with Gasteiger partial charge >= 0.3 is 5.97 Å². The van der Waals surface area contributed by atoms with Crippen molar-refractivity contribution in [3.05, 3.63) is 35.4 Å². The van der Waals surface area contributed by atoms with Crippen LogP contribution in [0, 0.1) is 0 Å². The van der Waals surface area contributed by atoms with Crippen molar-refractivity contribution in [2.24, 2.45) is 0 Å². The lowest BCUT2D eigenvalue weighted by Gasteiger charge is -2.07. The fourth-order valence-electron chi connectivity index (χ4n) is 1.45. The zero-order valence-electron chi connectivity index (χ0n) is 11.0. The molecule has 0 amide bonds. The molecule has 1 rings (SSSR count). The van der Waals surface area contributed by atoms with E-state index in [2.05, 4.69) is 0 Å². The van der Waals surface area contributed by atoms with E-state index < -0.39 is 5.24 Å². The van der Waals surface area contributed by atoms with Crippen molar-refractivity contribution < 1.29 is 14.3 Å². The summed E-state index contributed by atoms with van der Waals surface area (Å²) in [5, 5.41) is -0.452. The Bertz CT molecular complexity index is 446. The van der Waals surface area contributed by atoms with Crippen LogP contribution >= 0.6 is 23.4 Å². The molecule has 0 bridgehead atoms. The van der Waals surface area contributed by atoms with E-state index in [1.54, 1.807) is 30.0 Å². The van der Waals surface area contributed by atoms with Gasteiger partial charge in [0, 0.05) is 17.1 Å². The second-order valence-corrected chi connectivity index (χ2v) is 5.76. The first-order valence-electron chi connectivity index (χ1n) is 6.05. The van der Waals surface area contributed by atoms with Gasteiger partial charge in [-0.1, -0.05) is 18.2 Å². The molecule has 5 heteroatoms. The molecule has 0 aromatic heterocycles. The minimum absolute atomic E-state index is 0.0658. The van der Waals surface area contributed by atoms with Crippen LogP contribution in [0.25, 0.3) is 0 Å². The molecule has 1 aromatic rings. The van der Waals surface area contributed by atoms with Crippen molar-refractivity contribution in [2.45, 2.75) is 32.1 Å². The van der Waals surface area contributed by atoms with Gasteiger partial charge in [-0.3, -0.25) is 9.59 Å². The third kappa shape index (κ3) is 6.64. The van der Waals surface area contributed by atoms with Gasteiger partial charge in [-0.25, -0.2) is 0 Å². The quantitative estimate of drug-likeness (QED) is 0.438. The molecule has 0 aliphatic rings. The van der Waals surface area contributed by atoms with Gasteiger partial charge in [0.15, 0.2) is 0 Å². The first-order valence-corrected chi connectivity index (χ1v) is 7.58. The highest BCUT2D eigenvalue weighted by atomic mass is 35.5. The molecule has 104 valence electrons. The first kappa shape index (κ1) is 16.1. The second kappa shape index (κ2) is 8.23. The molecular weight excluding hydrogens is 284 g/mol. The van der Waals surface area contributed by atoms with Gasteiger partial charge in [0.1, 0.15) is 0 Å². The molecule has 1 aromatic carbocycles. The van der Waals surface area contributed by atoms with Crippen LogP contribution in [0.2, 0.25) is 0 Å². The summed E-state index contributed by atoms with van der Waals surface area (Å²) < 4.78 is 5.04. The van der Waals surface area contributed by atoms with Gasteiger partial charge < -0.3 is 4.74 Å². The van der Waals surface area contributed by atoms with E-state index in [1.807, 2.05) is 19.9 Å². The van der Waals surface area contributed by atoms with Crippen LogP contribution in [-0.4, -0.2) is 23.1 Å². The number of hydrogen-bond acceptors (Lipinski definition) is 4. The van der Waals surface area contributed by atoms with Crippen LogP contribution in [0.5, 0.6) is 0 Å². The number of carbonyl (C=O) groups is 2. The molecule has 19 heavy (non-hydrogen) atoms. The smallest absolute Gasteiger partial charge is 0.306 e. The Kier molecular flexibility index (Phi) is 6.95. The van der Waals surface area contributed by atoms with Crippen LogP contribution in [0.15, 0.2) is 24.3 Å². The number of halogens is 1. The number of esters is 1. The number of rotatable bonds is 7. The normalized spacial score (nSPS) is 10.5. The summed E-state index contributed by atoms with van der Waals surface area (Å²) in [7, 11) is 0. The molecule has 0 N–H and O–H groups in total. The van der Waals surface area contributed by atoms with Crippen molar-refractivity contribution >= 4 is 34.6 Å². The topological polar surface area (TPSA) is 43.4 Å². The van der Waals surface area contributed by atoms with Gasteiger partial charge in [-0.15, -0.1) is 0 Å². The molecule has 0 atom stereocenters. The van der Waals surface area contributed by atoms with E-state index in [1.165, 1.54) is 0 Å². The summed E-state index contributed by atoms with van der Waals surface area (Å²) in [6.45, 7) is 3.67. The summed E-state index contributed by atoms with van der Waals surface area (Å²) >= 11 is 7.05. The Morgan fingerprint density at radius 3 is 2.74 bits per heavy atom. The lowest BCUT2D eigenvalue weighted by Crippen LogP contribution is -2.11. The summed E-state index contributed by atoms with van der Waals surface area (Å²) in [6, 6.07) is 7.19. The average Bonchev–Trinajstić information content (AvgIpc) is 2.34. The first-order chi connectivity index (χ1) is 8.99. The van der Waals surface area contributed by atoms with E-state index in [4.69, 9.17) is 16.3 Å². The maximum Gasteiger partial charge on any atom is 0.306 e. The molecule has 0 radical (unpaired) electrons. The molecule has 0 saturated heterocycles. The number of ether oxygens (including phenoxy) is 1. The Balaban J connectivity index is 2.31. The molecule has 0 saturated carbocycles. The van der Waals surface area contributed by atoms with Crippen LogP contribution in [-0.2, 0) is 15.3 Å². The number of benzene rings is 1. The van der Waals surface area contributed by atoms with Crippen molar-refractivity contribution in [1.82, 2.24) is 0 Å². The fraction of sp³-hybridized carbons (Fsp3) is 0.429. The van der Waals surface area contributed by atoms with Crippen molar-refractivity contribution in [1.29, 1.82) is 0 Å². The van der Waals surface area contributed by atoms with E-state index in [9.17, 15) is 9.59 Å². The lowest BCUT2D eigenvalue weighted by molar-refractivity contribution is -0.146. The molecule has 0 unspecified atom stereocenters. The van der Waals surface area contributed by atoms with Crippen LogP contribution in [0.4, 0.5) is 0 Å². The summed E-state index contributed by atoms with van der Waals surface area (Å²) in [6.07, 6.45) is 0.334. The van der Waals surface area contributed by atoms with Gasteiger partial charge in [0.05, 0.1) is 12.5 Å². The Morgan fingerprint density at radius 2 is 2.11 bits per heavy atom. The second-order valence-electron chi connectivity index (χ2n) is 4.32. The minimum atomic E-state index is -0.452. The van der Waals surface area contributed by atoms with E-state index >= 15 is 0 Å². The Labute approximate surface area is 122 Å². The number of carbonyl (C=O) groups excluding carboxylic acids is 2. The van der Waals surface area contributed by atoms with Gasteiger partial charge in [-0.2, -0.15) is 11.8 Å². The molecular formula is C14H17ClO3S. The summed E-state index contributed by atoms with van der Waals surface area (Å²) in [4.78, 5) is 22.3. The van der Waals surface area contributed by atoms with Crippen LogP contribution < -0.4 is 0 Å². The predicted octanol–water partition coefficient (Wildman–Crippen LogP) is 3.64. The number of thioether (sulfide) groups is 1. The molecule has 0 aliphatic carbocycles. The van der Waals surface area contributed by atoms with Crippen molar-refractivity contribution in [3.63, 3.8) is 0 Å². The lowest BCUT2D eigenvalue weighted by atomic mass is 10.2. The number of hydrogen-bond donors (Lipinski definition) is 0. The predicted molar refractivity (Wildman–Crippen MR) is 78.6 cm³/mol. The zero-order valence-corrected chi connectivity index (χ0v) is 12.6. The molecule has 3 nitrogen and oxygen atoms in total. The van der Waals surface area contributed by atoms with Crippen molar-refractivity contribution in [3.8, 4) is 0 Å². The van der Waals surface area contributed by atoms with Crippen LogP contribution in [0.1, 0.15) is 36.2 Å². The largest absolute Gasteiger partial charge is 0.463 e.